The number of Topliss-reactive ketones (excluding diaryl/α,β-unsaturated/α-hetero) is 1. The van der Waals surface area contributed by atoms with Crippen LogP contribution in [0.15, 0.2) is 54.7 Å². The summed E-state index contributed by atoms with van der Waals surface area (Å²) in [7, 11) is 0. The number of carbonyl (C=O) groups excluding carboxylic acids is 2. The Kier molecular flexibility index (Phi) is 8.94. The molecule has 0 fully saturated rings. The van der Waals surface area contributed by atoms with Crippen molar-refractivity contribution >= 4 is 22.6 Å². The van der Waals surface area contributed by atoms with Crippen LogP contribution >= 0.6 is 0 Å². The van der Waals surface area contributed by atoms with E-state index in [-0.39, 0.29) is 11.9 Å². The third-order valence-corrected chi connectivity index (χ3v) is 7.03. The lowest BCUT2D eigenvalue weighted by Crippen LogP contribution is -2.30. The molecule has 2 heterocycles. The van der Waals surface area contributed by atoms with Gasteiger partial charge in [0, 0.05) is 29.4 Å². The standard InChI is InChI=1S/C31H38N4O2/c1-4-23(36)14-10-7-11-15-27(31-32-20-29(35-31)22-12-8-6-9-13-22)34-30(37)19-25-24-17-16-21(3)18-28(24)33-26(25)5-2/h6,8-9,12-13,16-18,20,27,33H,4-5,7,10-11,14-15,19H2,1-3H3,(H,32,35)(H,34,37)/t27-/m0/s1. The molecule has 0 aliphatic heterocycles. The summed E-state index contributed by atoms with van der Waals surface area (Å²) < 4.78 is 0. The molecule has 0 saturated carbocycles. The summed E-state index contributed by atoms with van der Waals surface area (Å²) in [6.45, 7) is 6.10. The maximum Gasteiger partial charge on any atom is 0.225 e. The van der Waals surface area contributed by atoms with E-state index in [4.69, 9.17) is 0 Å². The lowest BCUT2D eigenvalue weighted by Gasteiger charge is -2.17. The number of imidazole rings is 1. The first-order valence-corrected chi connectivity index (χ1v) is 13.5. The predicted molar refractivity (Wildman–Crippen MR) is 149 cm³/mol. The molecule has 0 unspecified atom stereocenters. The van der Waals surface area contributed by atoms with E-state index in [1.54, 1.807) is 0 Å². The number of aromatic nitrogens is 3. The van der Waals surface area contributed by atoms with Crippen LogP contribution in [0.1, 0.15) is 81.1 Å². The topological polar surface area (TPSA) is 90.6 Å². The van der Waals surface area contributed by atoms with Crippen molar-refractivity contribution in [2.45, 2.75) is 78.2 Å². The Labute approximate surface area is 219 Å². The zero-order valence-electron chi connectivity index (χ0n) is 22.2. The van der Waals surface area contributed by atoms with Crippen molar-refractivity contribution in [3.8, 4) is 11.3 Å². The van der Waals surface area contributed by atoms with E-state index in [9.17, 15) is 9.59 Å². The molecule has 2 aromatic carbocycles. The minimum atomic E-state index is -0.218. The third kappa shape index (κ3) is 6.76. The summed E-state index contributed by atoms with van der Waals surface area (Å²) in [5, 5.41) is 4.37. The number of hydrogen-bond donors (Lipinski definition) is 3. The summed E-state index contributed by atoms with van der Waals surface area (Å²) in [5.41, 5.74) is 6.44. The summed E-state index contributed by atoms with van der Waals surface area (Å²) in [5.74, 6) is 1.06. The van der Waals surface area contributed by atoms with Crippen molar-refractivity contribution in [2.75, 3.05) is 0 Å². The number of nitrogens with zero attached hydrogens (tertiary/aromatic N) is 1. The largest absolute Gasteiger partial charge is 0.358 e. The van der Waals surface area contributed by atoms with Crippen LogP contribution in [0.25, 0.3) is 22.2 Å². The Bertz CT molecular complexity index is 1340. The highest BCUT2D eigenvalue weighted by atomic mass is 16.1. The van der Waals surface area contributed by atoms with Crippen molar-refractivity contribution in [2.24, 2.45) is 0 Å². The van der Waals surface area contributed by atoms with Gasteiger partial charge in [-0.15, -0.1) is 0 Å². The number of amides is 1. The molecule has 0 spiro atoms. The molecule has 194 valence electrons. The molecule has 0 aliphatic carbocycles. The van der Waals surface area contributed by atoms with Crippen LogP contribution in [0.5, 0.6) is 0 Å². The van der Waals surface area contributed by atoms with E-state index in [2.05, 4.69) is 52.3 Å². The predicted octanol–water partition coefficient (Wildman–Crippen LogP) is 6.76. The average molecular weight is 499 g/mol. The van der Waals surface area contributed by atoms with Crippen molar-refractivity contribution in [1.82, 2.24) is 20.3 Å². The fourth-order valence-corrected chi connectivity index (χ4v) is 4.91. The minimum Gasteiger partial charge on any atom is -0.358 e. The molecule has 0 aliphatic rings. The van der Waals surface area contributed by atoms with E-state index in [1.807, 2.05) is 43.5 Å². The van der Waals surface area contributed by atoms with Crippen LogP contribution in [0.2, 0.25) is 0 Å². The van der Waals surface area contributed by atoms with Gasteiger partial charge in [-0.3, -0.25) is 9.59 Å². The summed E-state index contributed by atoms with van der Waals surface area (Å²) >= 11 is 0. The second-order valence-corrected chi connectivity index (χ2v) is 9.82. The van der Waals surface area contributed by atoms with Crippen molar-refractivity contribution < 1.29 is 9.59 Å². The molecule has 6 heteroatoms. The van der Waals surface area contributed by atoms with Gasteiger partial charge in [-0.25, -0.2) is 4.98 Å². The normalized spacial score (nSPS) is 12.1. The van der Waals surface area contributed by atoms with Crippen molar-refractivity contribution in [1.29, 1.82) is 0 Å². The van der Waals surface area contributed by atoms with Gasteiger partial charge in [0.25, 0.3) is 0 Å². The Hall–Kier alpha value is -3.67. The van der Waals surface area contributed by atoms with Gasteiger partial charge >= 0.3 is 0 Å². The van der Waals surface area contributed by atoms with Crippen molar-refractivity contribution in [3.63, 3.8) is 0 Å². The number of unbranched alkanes of at least 4 members (excludes halogenated alkanes) is 2. The fraction of sp³-hybridized carbons (Fsp3) is 0.387. The number of ketones is 1. The van der Waals surface area contributed by atoms with E-state index in [0.717, 1.165) is 71.3 Å². The van der Waals surface area contributed by atoms with Gasteiger partial charge in [-0.05, 0) is 48.9 Å². The number of H-pyrrole nitrogens is 2. The summed E-state index contributed by atoms with van der Waals surface area (Å²) in [6.07, 6.45) is 7.74. The molecular formula is C31H38N4O2. The molecule has 6 nitrogen and oxygen atoms in total. The zero-order valence-corrected chi connectivity index (χ0v) is 22.2. The van der Waals surface area contributed by atoms with Crippen LogP contribution in [0.4, 0.5) is 0 Å². The van der Waals surface area contributed by atoms with Gasteiger partial charge in [-0.2, -0.15) is 0 Å². The number of nitrogens with one attached hydrogen (secondary N) is 3. The molecular weight excluding hydrogens is 460 g/mol. The molecule has 1 amide bonds. The number of aryl methyl sites for hydroxylation is 2. The number of fused-ring (bicyclic) bond motifs is 1. The van der Waals surface area contributed by atoms with E-state index >= 15 is 0 Å². The van der Waals surface area contributed by atoms with Crippen LogP contribution < -0.4 is 5.32 Å². The lowest BCUT2D eigenvalue weighted by atomic mass is 10.0. The van der Waals surface area contributed by atoms with Gasteiger partial charge < -0.3 is 15.3 Å². The third-order valence-electron chi connectivity index (χ3n) is 7.03. The summed E-state index contributed by atoms with van der Waals surface area (Å²) in [6, 6.07) is 16.2. The highest BCUT2D eigenvalue weighted by molar-refractivity contribution is 5.90. The molecule has 4 aromatic rings. The van der Waals surface area contributed by atoms with Gasteiger partial charge in [0.2, 0.25) is 5.91 Å². The lowest BCUT2D eigenvalue weighted by molar-refractivity contribution is -0.121. The summed E-state index contributed by atoms with van der Waals surface area (Å²) in [4.78, 5) is 36.6. The number of benzene rings is 2. The second-order valence-electron chi connectivity index (χ2n) is 9.82. The van der Waals surface area contributed by atoms with Crippen LogP contribution in [-0.2, 0) is 22.4 Å². The Balaban J connectivity index is 1.49. The van der Waals surface area contributed by atoms with Crippen LogP contribution in [0.3, 0.4) is 0 Å². The van der Waals surface area contributed by atoms with E-state index in [0.29, 0.717) is 25.0 Å². The SMILES string of the molecule is CCC(=O)CCCCC[C@H](NC(=O)Cc1c(CC)[nH]c2cc(C)ccc12)c1ncc(-c2ccccc2)[nH]1. The molecule has 1 atom stereocenters. The maximum absolute atomic E-state index is 13.4. The maximum atomic E-state index is 13.4. The zero-order chi connectivity index (χ0) is 26.2. The van der Waals surface area contributed by atoms with E-state index in [1.165, 1.54) is 5.56 Å². The Morgan fingerprint density at radius 1 is 1.00 bits per heavy atom. The van der Waals surface area contributed by atoms with Gasteiger partial charge in [-0.1, -0.05) is 69.2 Å². The number of aromatic amines is 2. The molecule has 37 heavy (non-hydrogen) atoms. The number of carbonyl (C=O) groups is 2. The molecule has 0 saturated heterocycles. The van der Waals surface area contributed by atoms with Gasteiger partial charge in [0.15, 0.2) is 0 Å². The molecule has 4 rings (SSSR count). The fourth-order valence-electron chi connectivity index (χ4n) is 4.91. The van der Waals surface area contributed by atoms with E-state index < -0.39 is 0 Å². The number of rotatable bonds is 13. The average Bonchev–Trinajstić information content (AvgIpc) is 3.53. The first-order chi connectivity index (χ1) is 18.0. The highest BCUT2D eigenvalue weighted by Gasteiger charge is 2.20. The smallest absolute Gasteiger partial charge is 0.225 e. The monoisotopic (exact) mass is 498 g/mol. The van der Waals surface area contributed by atoms with Crippen molar-refractivity contribution in [3.05, 3.63) is 77.4 Å². The second kappa shape index (κ2) is 12.5. The molecule has 2 aromatic heterocycles. The molecule has 0 radical (unpaired) electrons. The van der Waals surface area contributed by atoms with Gasteiger partial charge in [0.05, 0.1) is 24.4 Å². The minimum absolute atomic E-state index is 0.0139. The van der Waals surface area contributed by atoms with Crippen LogP contribution in [0, 0.1) is 6.92 Å². The number of hydrogen-bond acceptors (Lipinski definition) is 3. The van der Waals surface area contributed by atoms with Crippen LogP contribution in [-0.4, -0.2) is 26.6 Å². The van der Waals surface area contributed by atoms with Gasteiger partial charge in [0.1, 0.15) is 11.6 Å². The molecule has 3 N–H and O–H groups in total. The molecule has 0 bridgehead atoms. The first-order valence-electron chi connectivity index (χ1n) is 13.5. The quantitative estimate of drug-likeness (QED) is 0.178. The highest BCUT2D eigenvalue weighted by Crippen LogP contribution is 2.26. The Morgan fingerprint density at radius 3 is 2.57 bits per heavy atom. The Morgan fingerprint density at radius 2 is 1.81 bits per heavy atom. The first kappa shape index (κ1) is 26.4.